The molecule has 2 aromatic heterocycles. The molecule has 0 aliphatic carbocycles. The van der Waals surface area contributed by atoms with Gasteiger partial charge in [-0.15, -0.1) is 24.5 Å². The van der Waals surface area contributed by atoms with Gasteiger partial charge in [-0.2, -0.15) is 0 Å². The Labute approximate surface area is 132 Å². The molecule has 1 aromatic carbocycles. The van der Waals surface area contributed by atoms with E-state index in [1.807, 2.05) is 12.3 Å². The van der Waals surface area contributed by atoms with Gasteiger partial charge in [0.1, 0.15) is 16.4 Å². The first kappa shape index (κ1) is 15.5. The van der Waals surface area contributed by atoms with E-state index in [2.05, 4.69) is 14.7 Å². The number of rotatable bonds is 3. The Morgan fingerprint density at radius 1 is 1.30 bits per heavy atom. The number of hydrogen-bond donors (Lipinski definition) is 1. The van der Waals surface area contributed by atoms with Gasteiger partial charge < -0.3 is 9.72 Å². The molecule has 0 saturated heterocycles. The normalized spacial score (nSPS) is 11.8. The smallest absolute Gasteiger partial charge is 0.405 e. The molecule has 1 N–H and O–H groups in total. The molecule has 4 nitrogen and oxygen atoms in total. The van der Waals surface area contributed by atoms with Crippen molar-refractivity contribution in [3.63, 3.8) is 0 Å². The fourth-order valence-electron chi connectivity index (χ4n) is 2.27. The number of nitrogens with zero attached hydrogens (tertiary/aromatic N) is 1. The summed E-state index contributed by atoms with van der Waals surface area (Å²) in [5.41, 5.74) is 0.824. The van der Waals surface area contributed by atoms with E-state index in [1.165, 1.54) is 29.5 Å². The van der Waals surface area contributed by atoms with E-state index in [0.29, 0.717) is 21.6 Å². The lowest BCUT2D eigenvalue weighted by Gasteiger charge is -2.12. The van der Waals surface area contributed by atoms with Crippen molar-refractivity contribution in [2.24, 2.45) is 0 Å². The van der Waals surface area contributed by atoms with Gasteiger partial charge in [-0.3, -0.25) is 4.79 Å². The Hall–Kier alpha value is -2.35. The van der Waals surface area contributed by atoms with Crippen molar-refractivity contribution in [1.82, 2.24) is 9.97 Å². The lowest BCUT2D eigenvalue weighted by Crippen LogP contribution is -2.18. The van der Waals surface area contributed by atoms with E-state index in [1.54, 1.807) is 6.07 Å². The second-order valence-electron chi connectivity index (χ2n) is 4.94. The number of benzene rings is 1. The summed E-state index contributed by atoms with van der Waals surface area (Å²) in [7, 11) is 0. The van der Waals surface area contributed by atoms with E-state index in [-0.39, 0.29) is 17.7 Å². The minimum atomic E-state index is -4.77. The van der Waals surface area contributed by atoms with Crippen LogP contribution in [0.4, 0.5) is 13.2 Å². The molecule has 0 fully saturated rings. The molecule has 0 spiro atoms. The number of alkyl halides is 3. The molecule has 3 aromatic rings. The van der Waals surface area contributed by atoms with Crippen LogP contribution in [0.2, 0.25) is 0 Å². The number of halogens is 3. The lowest BCUT2D eigenvalue weighted by atomic mass is 10.1. The van der Waals surface area contributed by atoms with Crippen molar-refractivity contribution in [3.8, 4) is 5.75 Å². The number of ether oxygens (including phenoxy) is 1. The van der Waals surface area contributed by atoms with Crippen LogP contribution in [-0.4, -0.2) is 16.3 Å². The van der Waals surface area contributed by atoms with Crippen LogP contribution >= 0.6 is 11.3 Å². The maximum absolute atomic E-state index is 12.4. The molecule has 120 valence electrons. The Morgan fingerprint density at radius 2 is 2.04 bits per heavy atom. The highest BCUT2D eigenvalue weighted by Crippen LogP contribution is 2.27. The highest BCUT2D eigenvalue weighted by Gasteiger charge is 2.32. The first-order valence-electron chi connectivity index (χ1n) is 6.64. The van der Waals surface area contributed by atoms with Crippen molar-refractivity contribution in [1.29, 1.82) is 0 Å². The van der Waals surface area contributed by atoms with Crippen LogP contribution in [0, 0.1) is 6.92 Å². The number of aryl methyl sites for hydroxylation is 1. The largest absolute Gasteiger partial charge is 0.573 e. The van der Waals surface area contributed by atoms with Gasteiger partial charge in [0.05, 0.1) is 5.39 Å². The fraction of sp³-hybridized carbons (Fsp3) is 0.200. The minimum absolute atomic E-state index is 0.0361. The van der Waals surface area contributed by atoms with Gasteiger partial charge in [-0.1, -0.05) is 18.2 Å². The zero-order valence-corrected chi connectivity index (χ0v) is 12.7. The number of aromatic amines is 1. The standard InChI is InChI=1S/C15H11F3N2O2S/c1-8-7-23-14-12(8)13(21)19-11(20-14)6-9-4-2-3-5-10(9)22-15(16,17)18/h2-5,7H,6H2,1H3,(H,19,20,21). The molecular formula is C15H11F3N2O2S. The molecule has 3 rings (SSSR count). The summed E-state index contributed by atoms with van der Waals surface area (Å²) in [6.45, 7) is 1.81. The third-order valence-electron chi connectivity index (χ3n) is 3.23. The molecule has 0 aliphatic rings. The number of thiophene rings is 1. The highest BCUT2D eigenvalue weighted by atomic mass is 32.1. The summed E-state index contributed by atoms with van der Waals surface area (Å²) in [4.78, 5) is 19.6. The fourth-order valence-corrected chi connectivity index (χ4v) is 3.21. The average Bonchev–Trinajstić information content (AvgIpc) is 2.81. The average molecular weight is 340 g/mol. The summed E-state index contributed by atoms with van der Waals surface area (Å²) in [6, 6.07) is 5.79. The van der Waals surface area contributed by atoms with Crippen LogP contribution in [0.25, 0.3) is 10.2 Å². The summed E-state index contributed by atoms with van der Waals surface area (Å²) in [6.07, 6.45) is -4.74. The molecule has 0 bridgehead atoms. The van der Waals surface area contributed by atoms with Crippen molar-refractivity contribution in [2.75, 3.05) is 0 Å². The van der Waals surface area contributed by atoms with Gasteiger partial charge in [0.25, 0.3) is 5.56 Å². The lowest BCUT2D eigenvalue weighted by molar-refractivity contribution is -0.274. The number of hydrogen-bond acceptors (Lipinski definition) is 4. The predicted octanol–water partition coefficient (Wildman–Crippen LogP) is 3.78. The Balaban J connectivity index is 1.98. The molecule has 8 heteroatoms. The molecule has 0 radical (unpaired) electrons. The molecule has 0 amide bonds. The van der Waals surface area contributed by atoms with Crippen LogP contribution < -0.4 is 10.3 Å². The van der Waals surface area contributed by atoms with E-state index >= 15 is 0 Å². The van der Waals surface area contributed by atoms with Crippen molar-refractivity contribution >= 4 is 21.6 Å². The van der Waals surface area contributed by atoms with Gasteiger partial charge in [-0.25, -0.2) is 4.98 Å². The van der Waals surface area contributed by atoms with Gasteiger partial charge in [-0.05, 0) is 23.9 Å². The van der Waals surface area contributed by atoms with Gasteiger partial charge in [0.15, 0.2) is 0 Å². The topological polar surface area (TPSA) is 55.0 Å². The van der Waals surface area contributed by atoms with Crippen molar-refractivity contribution in [3.05, 3.63) is 57.0 Å². The first-order valence-corrected chi connectivity index (χ1v) is 7.52. The number of fused-ring (bicyclic) bond motifs is 1. The van der Waals surface area contributed by atoms with Crippen LogP contribution in [0.3, 0.4) is 0 Å². The maximum Gasteiger partial charge on any atom is 0.573 e. The van der Waals surface area contributed by atoms with E-state index in [4.69, 9.17) is 0 Å². The molecular weight excluding hydrogens is 329 g/mol. The third-order valence-corrected chi connectivity index (χ3v) is 4.22. The highest BCUT2D eigenvalue weighted by molar-refractivity contribution is 7.16. The summed E-state index contributed by atoms with van der Waals surface area (Å²) in [5.74, 6) is -0.00678. The molecule has 23 heavy (non-hydrogen) atoms. The molecule has 0 saturated carbocycles. The van der Waals surface area contributed by atoms with Crippen molar-refractivity contribution in [2.45, 2.75) is 19.7 Å². The predicted molar refractivity (Wildman–Crippen MR) is 80.9 cm³/mol. The second kappa shape index (κ2) is 5.69. The monoisotopic (exact) mass is 340 g/mol. The second-order valence-corrected chi connectivity index (χ2v) is 5.80. The first-order chi connectivity index (χ1) is 10.8. The molecule has 0 atom stereocenters. The zero-order chi connectivity index (χ0) is 16.6. The minimum Gasteiger partial charge on any atom is -0.405 e. The Bertz CT molecular complexity index is 915. The number of para-hydroxylation sites is 1. The summed E-state index contributed by atoms with van der Waals surface area (Å²) in [5, 5.41) is 2.33. The Morgan fingerprint density at radius 3 is 2.78 bits per heavy atom. The van der Waals surface area contributed by atoms with Crippen LogP contribution in [0.1, 0.15) is 17.0 Å². The van der Waals surface area contributed by atoms with E-state index < -0.39 is 6.36 Å². The molecule has 2 heterocycles. The molecule has 0 aliphatic heterocycles. The SMILES string of the molecule is Cc1csc2nc(Cc3ccccc3OC(F)(F)F)[nH]c(=O)c12. The molecule has 0 unspecified atom stereocenters. The maximum atomic E-state index is 12.4. The van der Waals surface area contributed by atoms with Crippen molar-refractivity contribution < 1.29 is 17.9 Å². The van der Waals surface area contributed by atoms with Gasteiger partial charge in [0.2, 0.25) is 0 Å². The van der Waals surface area contributed by atoms with Gasteiger partial charge in [0, 0.05) is 12.0 Å². The summed E-state index contributed by atoms with van der Waals surface area (Å²) < 4.78 is 41.3. The summed E-state index contributed by atoms with van der Waals surface area (Å²) >= 11 is 1.32. The van der Waals surface area contributed by atoms with Crippen LogP contribution in [-0.2, 0) is 6.42 Å². The number of H-pyrrole nitrogens is 1. The number of nitrogens with one attached hydrogen (secondary N) is 1. The van der Waals surface area contributed by atoms with Crippen LogP contribution in [0.5, 0.6) is 5.75 Å². The zero-order valence-electron chi connectivity index (χ0n) is 11.9. The van der Waals surface area contributed by atoms with E-state index in [0.717, 1.165) is 5.56 Å². The van der Waals surface area contributed by atoms with Gasteiger partial charge >= 0.3 is 6.36 Å². The quantitative estimate of drug-likeness (QED) is 0.789. The van der Waals surface area contributed by atoms with Crippen LogP contribution in [0.15, 0.2) is 34.4 Å². The number of aromatic nitrogens is 2. The Kier molecular flexibility index (Phi) is 3.85. The van der Waals surface area contributed by atoms with E-state index in [9.17, 15) is 18.0 Å². The third kappa shape index (κ3) is 3.37.